The second kappa shape index (κ2) is 5.01. The minimum absolute atomic E-state index is 0.171. The molecule has 0 aliphatic heterocycles. The van der Waals surface area contributed by atoms with Crippen LogP contribution in [0, 0.1) is 12.8 Å². The van der Waals surface area contributed by atoms with Crippen molar-refractivity contribution < 1.29 is 15.0 Å². The SMILES string of the molecule is Cc1cc(CC(C)C(=O)[O-])cc(C(C)(C)C)c1O. The van der Waals surface area contributed by atoms with Gasteiger partial charge in [0.05, 0.1) is 0 Å². The summed E-state index contributed by atoms with van der Waals surface area (Å²) in [6.45, 7) is 9.53. The molecule has 0 fully saturated rings. The smallest absolute Gasteiger partial charge is 0.122 e. The van der Waals surface area contributed by atoms with Crippen molar-refractivity contribution in [1.82, 2.24) is 0 Å². The minimum atomic E-state index is -1.04. The van der Waals surface area contributed by atoms with E-state index in [-0.39, 0.29) is 5.41 Å². The number of phenolic OH excluding ortho intramolecular Hbond substituents is 1. The van der Waals surface area contributed by atoms with Crippen molar-refractivity contribution in [3.63, 3.8) is 0 Å². The van der Waals surface area contributed by atoms with E-state index in [9.17, 15) is 15.0 Å². The number of hydrogen-bond donors (Lipinski definition) is 1. The molecule has 1 aromatic carbocycles. The second-order valence-electron chi connectivity index (χ2n) is 5.98. The number of carbonyl (C=O) groups excluding carboxylic acids is 1. The summed E-state index contributed by atoms with van der Waals surface area (Å²) in [7, 11) is 0. The minimum Gasteiger partial charge on any atom is -0.550 e. The fourth-order valence-corrected chi connectivity index (χ4v) is 1.98. The Morgan fingerprint density at radius 1 is 1.39 bits per heavy atom. The molecule has 1 rings (SSSR count). The Bertz CT molecular complexity index is 456. The lowest BCUT2D eigenvalue weighted by Crippen LogP contribution is -2.30. The van der Waals surface area contributed by atoms with Crippen LogP contribution in [-0.2, 0) is 16.6 Å². The highest BCUT2D eigenvalue weighted by atomic mass is 16.4. The molecule has 0 amide bonds. The average molecular weight is 249 g/mol. The molecule has 0 saturated carbocycles. The van der Waals surface area contributed by atoms with Crippen molar-refractivity contribution >= 4 is 5.97 Å². The van der Waals surface area contributed by atoms with Gasteiger partial charge in [-0.25, -0.2) is 0 Å². The Balaban J connectivity index is 3.17. The third-order valence-corrected chi connectivity index (χ3v) is 3.11. The lowest BCUT2D eigenvalue weighted by Gasteiger charge is -2.23. The summed E-state index contributed by atoms with van der Waals surface area (Å²) in [5, 5.41) is 20.8. The third kappa shape index (κ3) is 3.25. The summed E-state index contributed by atoms with van der Waals surface area (Å²) in [5.74, 6) is -1.27. The highest BCUT2D eigenvalue weighted by Crippen LogP contribution is 2.34. The first kappa shape index (κ1) is 14.6. The first-order chi connectivity index (χ1) is 8.12. The molecule has 18 heavy (non-hydrogen) atoms. The van der Waals surface area contributed by atoms with Crippen LogP contribution in [0.5, 0.6) is 5.75 Å². The largest absolute Gasteiger partial charge is 0.550 e. The molecule has 0 aromatic heterocycles. The Kier molecular flexibility index (Phi) is 4.05. The van der Waals surface area contributed by atoms with Gasteiger partial charge in [-0.15, -0.1) is 0 Å². The van der Waals surface area contributed by atoms with Gasteiger partial charge in [-0.05, 0) is 41.4 Å². The summed E-state index contributed by atoms with van der Waals surface area (Å²) < 4.78 is 0. The average Bonchev–Trinajstić information content (AvgIpc) is 2.21. The van der Waals surface area contributed by atoms with E-state index in [2.05, 4.69) is 0 Å². The van der Waals surface area contributed by atoms with E-state index >= 15 is 0 Å². The monoisotopic (exact) mass is 249 g/mol. The van der Waals surface area contributed by atoms with Gasteiger partial charge < -0.3 is 15.0 Å². The van der Waals surface area contributed by atoms with Gasteiger partial charge in [-0.1, -0.05) is 39.8 Å². The van der Waals surface area contributed by atoms with Crippen LogP contribution < -0.4 is 5.11 Å². The number of aromatic hydroxyl groups is 1. The van der Waals surface area contributed by atoms with Gasteiger partial charge in [-0.2, -0.15) is 0 Å². The molecule has 3 nitrogen and oxygen atoms in total. The first-order valence-corrected chi connectivity index (χ1v) is 6.16. The van der Waals surface area contributed by atoms with Crippen LogP contribution in [0.1, 0.15) is 44.4 Å². The number of aliphatic carboxylic acids is 1. The molecular formula is C15H21O3-. The number of carbonyl (C=O) groups is 1. The summed E-state index contributed by atoms with van der Waals surface area (Å²) in [5.41, 5.74) is 2.38. The molecule has 3 heteroatoms. The van der Waals surface area contributed by atoms with Crippen LogP contribution in [0.25, 0.3) is 0 Å². The van der Waals surface area contributed by atoms with Gasteiger partial charge in [0.1, 0.15) is 5.75 Å². The molecule has 0 saturated heterocycles. The number of benzene rings is 1. The quantitative estimate of drug-likeness (QED) is 0.890. The Hall–Kier alpha value is -1.51. The Morgan fingerprint density at radius 2 is 1.94 bits per heavy atom. The van der Waals surface area contributed by atoms with Crippen molar-refractivity contribution in [2.75, 3.05) is 0 Å². The molecule has 0 radical (unpaired) electrons. The van der Waals surface area contributed by atoms with Crippen molar-refractivity contribution in [3.8, 4) is 5.75 Å². The zero-order chi connectivity index (χ0) is 14.1. The van der Waals surface area contributed by atoms with Crippen molar-refractivity contribution in [3.05, 3.63) is 28.8 Å². The zero-order valence-corrected chi connectivity index (χ0v) is 11.7. The molecule has 0 aliphatic rings. The predicted octanol–water partition coefficient (Wildman–Crippen LogP) is 1.93. The standard InChI is InChI=1S/C15H22O3/c1-9-6-11(7-10(2)14(17)18)8-12(13(9)16)15(3,4)5/h6,8,10,16H,7H2,1-5H3,(H,17,18)/p-1. The second-order valence-corrected chi connectivity index (χ2v) is 5.98. The van der Waals surface area contributed by atoms with E-state index in [1.165, 1.54) is 0 Å². The number of rotatable bonds is 3. The number of hydrogen-bond acceptors (Lipinski definition) is 3. The predicted molar refractivity (Wildman–Crippen MR) is 69.4 cm³/mol. The number of carboxylic acids is 1. The van der Waals surface area contributed by atoms with E-state index < -0.39 is 11.9 Å². The van der Waals surface area contributed by atoms with E-state index in [1.807, 2.05) is 39.8 Å². The zero-order valence-electron chi connectivity index (χ0n) is 11.7. The van der Waals surface area contributed by atoms with Crippen LogP contribution in [0.2, 0.25) is 0 Å². The molecule has 0 spiro atoms. The summed E-state index contributed by atoms with van der Waals surface area (Å²) >= 11 is 0. The van der Waals surface area contributed by atoms with Gasteiger partial charge >= 0.3 is 0 Å². The molecule has 0 bridgehead atoms. The van der Waals surface area contributed by atoms with E-state index in [4.69, 9.17) is 0 Å². The molecule has 100 valence electrons. The number of aryl methyl sites for hydroxylation is 1. The van der Waals surface area contributed by atoms with E-state index in [1.54, 1.807) is 6.92 Å². The van der Waals surface area contributed by atoms with Crippen LogP contribution in [-0.4, -0.2) is 11.1 Å². The lowest BCUT2D eigenvalue weighted by atomic mass is 9.83. The maximum Gasteiger partial charge on any atom is 0.122 e. The molecular weight excluding hydrogens is 228 g/mol. The summed E-state index contributed by atoms with van der Waals surface area (Å²) in [6, 6.07) is 3.73. The highest BCUT2D eigenvalue weighted by molar-refractivity contribution is 5.67. The third-order valence-electron chi connectivity index (χ3n) is 3.11. The van der Waals surface area contributed by atoms with Gasteiger partial charge in [0, 0.05) is 5.97 Å². The van der Waals surface area contributed by atoms with Crippen LogP contribution in [0.15, 0.2) is 12.1 Å². The fourth-order valence-electron chi connectivity index (χ4n) is 1.98. The molecule has 1 unspecified atom stereocenters. The van der Waals surface area contributed by atoms with E-state index in [0.717, 1.165) is 16.7 Å². The van der Waals surface area contributed by atoms with Crippen molar-refractivity contribution in [2.24, 2.45) is 5.92 Å². The van der Waals surface area contributed by atoms with Gasteiger partial charge in [-0.3, -0.25) is 0 Å². The van der Waals surface area contributed by atoms with Crippen molar-refractivity contribution in [2.45, 2.75) is 46.5 Å². The normalized spacial score (nSPS) is 13.4. The molecule has 1 N–H and O–H groups in total. The summed E-state index contributed by atoms with van der Waals surface area (Å²) in [6.07, 6.45) is 0.423. The maximum atomic E-state index is 10.8. The van der Waals surface area contributed by atoms with Crippen molar-refractivity contribution in [1.29, 1.82) is 0 Å². The molecule has 1 aromatic rings. The highest BCUT2D eigenvalue weighted by Gasteiger charge is 2.20. The number of carboxylic acid groups (broad SMARTS) is 1. The molecule has 0 aliphatic carbocycles. The summed E-state index contributed by atoms with van der Waals surface area (Å²) in [4.78, 5) is 10.8. The van der Waals surface area contributed by atoms with Gasteiger partial charge in [0.15, 0.2) is 0 Å². The van der Waals surface area contributed by atoms with Gasteiger partial charge in [0.2, 0.25) is 0 Å². The lowest BCUT2D eigenvalue weighted by molar-refractivity contribution is -0.310. The maximum absolute atomic E-state index is 10.8. The molecule has 0 heterocycles. The Morgan fingerprint density at radius 3 is 2.39 bits per heavy atom. The number of phenols is 1. The Labute approximate surface area is 108 Å². The first-order valence-electron chi connectivity index (χ1n) is 6.16. The van der Waals surface area contributed by atoms with E-state index in [0.29, 0.717) is 12.2 Å². The van der Waals surface area contributed by atoms with Crippen LogP contribution in [0.3, 0.4) is 0 Å². The topological polar surface area (TPSA) is 60.4 Å². The van der Waals surface area contributed by atoms with Crippen LogP contribution in [0.4, 0.5) is 0 Å². The van der Waals surface area contributed by atoms with Gasteiger partial charge in [0.25, 0.3) is 0 Å². The van der Waals surface area contributed by atoms with Crippen LogP contribution >= 0.6 is 0 Å². The fraction of sp³-hybridized carbons (Fsp3) is 0.533. The molecule has 1 atom stereocenters.